The average molecular weight is 355 g/mol. The number of aromatic nitrogens is 2. The standard InChI is InChI=1S/C21H29N3O2/c1-3-17-14-20(23-22-17)21(25)24(18-10-6-4-5-7-11-18)15-16-9-8-12-19(13-16)26-2/h8-9,12-14,18H,3-7,10-11,15H2,1-2H3,(H,22,23). The van der Waals surface area contributed by atoms with Crippen molar-refractivity contribution in [2.75, 3.05) is 7.11 Å². The summed E-state index contributed by atoms with van der Waals surface area (Å²) in [6, 6.07) is 10.1. The molecule has 3 rings (SSSR count). The highest BCUT2D eigenvalue weighted by Gasteiger charge is 2.27. The Bertz CT molecular complexity index is 718. The number of methoxy groups -OCH3 is 1. The van der Waals surface area contributed by atoms with Gasteiger partial charge in [0.2, 0.25) is 0 Å². The van der Waals surface area contributed by atoms with Gasteiger partial charge in [-0.05, 0) is 43.0 Å². The second-order valence-electron chi connectivity index (χ2n) is 7.06. The Hall–Kier alpha value is -2.30. The maximum atomic E-state index is 13.3. The number of H-pyrrole nitrogens is 1. The number of carbonyl (C=O) groups excluding carboxylic acids is 1. The van der Waals surface area contributed by atoms with Crippen LogP contribution in [0.2, 0.25) is 0 Å². The average Bonchev–Trinajstić information content (AvgIpc) is 3.00. The van der Waals surface area contributed by atoms with E-state index in [0.717, 1.165) is 36.3 Å². The molecule has 5 nitrogen and oxygen atoms in total. The zero-order valence-electron chi connectivity index (χ0n) is 15.8. The highest BCUT2D eigenvalue weighted by molar-refractivity contribution is 5.92. The number of benzene rings is 1. The number of aromatic amines is 1. The van der Waals surface area contributed by atoms with Crippen LogP contribution in [0.25, 0.3) is 0 Å². The zero-order valence-corrected chi connectivity index (χ0v) is 15.8. The molecular weight excluding hydrogens is 326 g/mol. The summed E-state index contributed by atoms with van der Waals surface area (Å²) in [5, 5.41) is 7.23. The largest absolute Gasteiger partial charge is 0.497 e. The first-order chi connectivity index (χ1) is 12.7. The maximum Gasteiger partial charge on any atom is 0.274 e. The van der Waals surface area contributed by atoms with Crippen LogP contribution in [0.5, 0.6) is 5.75 Å². The molecule has 26 heavy (non-hydrogen) atoms. The second-order valence-corrected chi connectivity index (χ2v) is 7.06. The van der Waals surface area contributed by atoms with E-state index in [4.69, 9.17) is 4.74 Å². The molecule has 1 aromatic heterocycles. The third-order valence-corrected chi connectivity index (χ3v) is 5.24. The van der Waals surface area contributed by atoms with Crippen LogP contribution in [0, 0.1) is 0 Å². The molecule has 1 aliphatic carbocycles. The summed E-state index contributed by atoms with van der Waals surface area (Å²) < 4.78 is 5.34. The van der Waals surface area contributed by atoms with E-state index in [9.17, 15) is 4.79 Å². The van der Waals surface area contributed by atoms with E-state index >= 15 is 0 Å². The van der Waals surface area contributed by atoms with E-state index in [0.29, 0.717) is 12.2 Å². The number of ether oxygens (including phenoxy) is 1. The molecule has 0 bridgehead atoms. The monoisotopic (exact) mass is 355 g/mol. The first kappa shape index (κ1) is 18.5. The van der Waals surface area contributed by atoms with Gasteiger partial charge in [-0.1, -0.05) is 44.7 Å². The fraction of sp³-hybridized carbons (Fsp3) is 0.524. The molecule has 140 valence electrons. The highest BCUT2D eigenvalue weighted by Crippen LogP contribution is 2.26. The number of amides is 1. The van der Waals surface area contributed by atoms with Crippen LogP contribution in [0.4, 0.5) is 0 Å². The van der Waals surface area contributed by atoms with E-state index in [1.54, 1.807) is 7.11 Å². The molecule has 1 fully saturated rings. The Labute approximate surface area is 155 Å². The van der Waals surface area contributed by atoms with Gasteiger partial charge in [-0.3, -0.25) is 9.89 Å². The molecule has 0 unspecified atom stereocenters. The van der Waals surface area contributed by atoms with Crippen LogP contribution >= 0.6 is 0 Å². The second kappa shape index (κ2) is 8.88. The molecule has 5 heteroatoms. The Kier molecular flexibility index (Phi) is 6.31. The third-order valence-electron chi connectivity index (χ3n) is 5.24. The van der Waals surface area contributed by atoms with Crippen LogP contribution in [-0.2, 0) is 13.0 Å². The smallest absolute Gasteiger partial charge is 0.274 e. The summed E-state index contributed by atoms with van der Waals surface area (Å²) in [6.07, 6.45) is 7.89. The van der Waals surface area contributed by atoms with Gasteiger partial charge in [-0.25, -0.2) is 0 Å². The van der Waals surface area contributed by atoms with E-state index in [1.807, 2.05) is 29.2 Å². The number of nitrogens with one attached hydrogen (secondary N) is 1. The SMILES string of the molecule is CCc1cc(C(=O)N(Cc2cccc(OC)c2)C2CCCCCC2)n[nH]1. The molecule has 1 heterocycles. The predicted octanol–water partition coefficient (Wildman–Crippen LogP) is 4.35. The zero-order chi connectivity index (χ0) is 18.4. The normalized spacial score (nSPS) is 15.5. The molecule has 1 aliphatic rings. The van der Waals surface area contributed by atoms with Crippen molar-refractivity contribution < 1.29 is 9.53 Å². The Balaban J connectivity index is 1.85. The Morgan fingerprint density at radius 1 is 1.23 bits per heavy atom. The number of carbonyl (C=O) groups is 1. The fourth-order valence-electron chi connectivity index (χ4n) is 3.70. The minimum absolute atomic E-state index is 0.0238. The number of nitrogens with zero attached hydrogens (tertiary/aromatic N) is 2. The molecule has 1 amide bonds. The molecular formula is C21H29N3O2. The first-order valence-electron chi connectivity index (χ1n) is 9.69. The predicted molar refractivity (Wildman–Crippen MR) is 102 cm³/mol. The van der Waals surface area contributed by atoms with E-state index in [-0.39, 0.29) is 11.9 Å². The van der Waals surface area contributed by atoms with Crippen LogP contribution in [0.3, 0.4) is 0 Å². The summed E-state index contributed by atoms with van der Waals surface area (Å²) in [6.45, 7) is 2.65. The molecule has 0 aliphatic heterocycles. The summed E-state index contributed by atoms with van der Waals surface area (Å²) >= 11 is 0. The van der Waals surface area contributed by atoms with Gasteiger partial charge in [-0.2, -0.15) is 5.10 Å². The maximum absolute atomic E-state index is 13.3. The molecule has 0 radical (unpaired) electrons. The van der Waals surface area contributed by atoms with E-state index in [1.165, 1.54) is 25.7 Å². The molecule has 2 aromatic rings. The van der Waals surface area contributed by atoms with Crippen LogP contribution in [0.1, 0.15) is 67.2 Å². The van der Waals surface area contributed by atoms with Crippen molar-refractivity contribution >= 4 is 5.91 Å². The number of hydrogen-bond acceptors (Lipinski definition) is 3. The summed E-state index contributed by atoms with van der Waals surface area (Å²) in [5.74, 6) is 0.847. The van der Waals surface area contributed by atoms with Gasteiger partial charge in [0.05, 0.1) is 7.11 Å². The van der Waals surface area contributed by atoms with Crippen molar-refractivity contribution in [1.82, 2.24) is 15.1 Å². The van der Waals surface area contributed by atoms with E-state index in [2.05, 4.69) is 23.2 Å². The van der Waals surface area contributed by atoms with Gasteiger partial charge < -0.3 is 9.64 Å². The lowest BCUT2D eigenvalue weighted by atomic mass is 10.0. The van der Waals surface area contributed by atoms with Crippen molar-refractivity contribution in [3.63, 3.8) is 0 Å². The van der Waals surface area contributed by atoms with Gasteiger partial charge >= 0.3 is 0 Å². The summed E-state index contributed by atoms with van der Waals surface area (Å²) in [7, 11) is 1.67. The Morgan fingerprint density at radius 2 is 2.00 bits per heavy atom. The topological polar surface area (TPSA) is 58.2 Å². The van der Waals surface area contributed by atoms with E-state index < -0.39 is 0 Å². The minimum Gasteiger partial charge on any atom is -0.497 e. The van der Waals surface area contributed by atoms with Crippen LogP contribution in [0.15, 0.2) is 30.3 Å². The number of hydrogen-bond donors (Lipinski definition) is 1. The van der Waals surface area contributed by atoms with Crippen molar-refractivity contribution in [2.45, 2.75) is 64.5 Å². The molecule has 1 saturated carbocycles. The van der Waals surface area contributed by atoms with Crippen molar-refractivity contribution in [3.05, 3.63) is 47.3 Å². The molecule has 0 atom stereocenters. The molecule has 0 saturated heterocycles. The summed E-state index contributed by atoms with van der Waals surface area (Å²) in [4.78, 5) is 15.3. The van der Waals surface area contributed by atoms with Crippen LogP contribution in [-0.4, -0.2) is 34.2 Å². The third kappa shape index (κ3) is 4.45. The van der Waals surface area contributed by atoms with Crippen molar-refractivity contribution in [2.24, 2.45) is 0 Å². The summed E-state index contributed by atoms with van der Waals surface area (Å²) in [5.41, 5.74) is 2.61. The quantitative estimate of drug-likeness (QED) is 0.784. The molecule has 1 aromatic carbocycles. The van der Waals surface area contributed by atoms with Gasteiger partial charge in [0.25, 0.3) is 5.91 Å². The van der Waals surface area contributed by atoms with Crippen molar-refractivity contribution in [1.29, 1.82) is 0 Å². The molecule has 0 spiro atoms. The lowest BCUT2D eigenvalue weighted by molar-refractivity contribution is 0.0635. The highest BCUT2D eigenvalue weighted by atomic mass is 16.5. The molecule has 1 N–H and O–H groups in total. The lowest BCUT2D eigenvalue weighted by Crippen LogP contribution is -2.39. The van der Waals surface area contributed by atoms with Gasteiger partial charge in [0.1, 0.15) is 11.4 Å². The lowest BCUT2D eigenvalue weighted by Gasteiger charge is -2.31. The number of aryl methyl sites for hydroxylation is 1. The van der Waals surface area contributed by atoms with Crippen molar-refractivity contribution in [3.8, 4) is 5.75 Å². The minimum atomic E-state index is 0.0238. The fourth-order valence-corrected chi connectivity index (χ4v) is 3.70. The first-order valence-corrected chi connectivity index (χ1v) is 9.69. The van der Waals surface area contributed by atoms with Gasteiger partial charge in [0.15, 0.2) is 0 Å². The number of rotatable bonds is 6. The van der Waals surface area contributed by atoms with Crippen LogP contribution < -0.4 is 4.74 Å². The Morgan fingerprint density at radius 3 is 2.65 bits per heavy atom. The van der Waals surface area contributed by atoms with Gasteiger partial charge in [0, 0.05) is 18.3 Å². The van der Waals surface area contributed by atoms with Gasteiger partial charge in [-0.15, -0.1) is 0 Å².